The molecule has 0 aromatic carbocycles. The van der Waals surface area contributed by atoms with Gasteiger partial charge >= 0.3 is 5.97 Å². The molecule has 5 nitrogen and oxygen atoms in total. The second-order valence-corrected chi connectivity index (χ2v) is 7.02. The SMILES string of the molecule is COC1=C(C(=O)c2ccc(C(F)F)s2)CC2=NC(C)=C(CC(=O)O)C2=C1F. The quantitative estimate of drug-likeness (QED) is 0.712. The predicted octanol–water partition coefficient (Wildman–Crippen LogP) is 4.60. The number of hydrogen-bond acceptors (Lipinski definition) is 5. The molecule has 1 aliphatic carbocycles. The largest absolute Gasteiger partial charge is 0.493 e. The van der Waals surface area contributed by atoms with Crippen molar-refractivity contribution >= 4 is 28.8 Å². The summed E-state index contributed by atoms with van der Waals surface area (Å²) in [4.78, 5) is 27.8. The standard InChI is InChI=1S/C18H14F3NO4S/c1-7-8(6-13(23)24)14-10(22-7)5-9(17(26-2)15(14)19)16(25)11-3-4-12(27-11)18(20)21/h3-4,18H,5-6H2,1-2H3,(H,23,24). The Labute approximate surface area is 156 Å². The number of carboxylic acid groups (broad SMARTS) is 1. The van der Waals surface area contributed by atoms with E-state index in [1.807, 2.05) is 0 Å². The second-order valence-electron chi connectivity index (χ2n) is 5.90. The molecular weight excluding hydrogens is 383 g/mol. The number of rotatable bonds is 6. The number of nitrogens with zero attached hydrogens (tertiary/aromatic N) is 1. The van der Waals surface area contributed by atoms with E-state index in [2.05, 4.69) is 4.99 Å². The van der Waals surface area contributed by atoms with Crippen molar-refractivity contribution in [1.29, 1.82) is 0 Å². The molecule has 0 bridgehead atoms. The van der Waals surface area contributed by atoms with E-state index in [0.717, 1.165) is 6.07 Å². The van der Waals surface area contributed by atoms with E-state index in [0.29, 0.717) is 17.0 Å². The topological polar surface area (TPSA) is 76.0 Å². The number of aliphatic imine (C=N–C) groups is 1. The molecule has 0 atom stereocenters. The maximum atomic E-state index is 15.1. The molecule has 1 aliphatic heterocycles. The lowest BCUT2D eigenvalue weighted by molar-refractivity contribution is -0.136. The molecule has 1 aromatic heterocycles. The molecule has 1 N–H and O–H groups in total. The van der Waals surface area contributed by atoms with Crippen LogP contribution >= 0.6 is 11.3 Å². The third-order valence-corrected chi connectivity index (χ3v) is 5.33. The monoisotopic (exact) mass is 397 g/mol. The highest BCUT2D eigenvalue weighted by molar-refractivity contribution is 7.14. The molecule has 0 spiro atoms. The Morgan fingerprint density at radius 2 is 2.07 bits per heavy atom. The number of allylic oxidation sites excluding steroid dienone is 4. The molecule has 2 aliphatic rings. The van der Waals surface area contributed by atoms with Gasteiger partial charge in [0.15, 0.2) is 11.6 Å². The predicted molar refractivity (Wildman–Crippen MR) is 92.8 cm³/mol. The van der Waals surface area contributed by atoms with E-state index in [4.69, 9.17) is 9.84 Å². The number of aliphatic carboxylic acids is 1. The summed E-state index contributed by atoms with van der Waals surface area (Å²) < 4.78 is 45.7. The van der Waals surface area contributed by atoms with Gasteiger partial charge in [0.05, 0.1) is 34.6 Å². The van der Waals surface area contributed by atoms with Gasteiger partial charge in [-0.1, -0.05) is 0 Å². The zero-order valence-corrected chi connectivity index (χ0v) is 15.1. The van der Waals surface area contributed by atoms with E-state index in [1.54, 1.807) is 6.92 Å². The number of carbonyl (C=O) groups is 2. The van der Waals surface area contributed by atoms with Crippen LogP contribution in [0.5, 0.6) is 0 Å². The summed E-state index contributed by atoms with van der Waals surface area (Å²) in [5, 5.41) is 9.04. The number of Topliss-reactive ketones (excluding diaryl/α,β-unsaturated/α-hetero) is 1. The van der Waals surface area contributed by atoms with Crippen LogP contribution in [0.25, 0.3) is 0 Å². The lowest BCUT2D eigenvalue weighted by Crippen LogP contribution is -2.19. The number of carbonyl (C=O) groups excluding carboxylic acids is 1. The second kappa shape index (κ2) is 7.15. The number of thiophene rings is 1. The molecule has 0 radical (unpaired) electrons. The molecule has 0 saturated heterocycles. The first-order valence-corrected chi connectivity index (χ1v) is 8.66. The molecule has 9 heteroatoms. The van der Waals surface area contributed by atoms with Crippen LogP contribution in [0.15, 0.2) is 51.1 Å². The highest BCUT2D eigenvalue weighted by Crippen LogP contribution is 2.41. The summed E-state index contributed by atoms with van der Waals surface area (Å²) in [7, 11) is 1.19. The summed E-state index contributed by atoms with van der Waals surface area (Å²) in [5.41, 5.74) is 0.813. The minimum absolute atomic E-state index is 0.0303. The smallest absolute Gasteiger partial charge is 0.307 e. The van der Waals surface area contributed by atoms with E-state index >= 15 is 4.39 Å². The van der Waals surface area contributed by atoms with Gasteiger partial charge in [0.1, 0.15) is 0 Å². The zero-order chi connectivity index (χ0) is 19.9. The molecule has 0 unspecified atom stereocenters. The average molecular weight is 397 g/mol. The fraction of sp³-hybridized carbons (Fsp3) is 0.278. The number of hydrogen-bond donors (Lipinski definition) is 1. The number of halogens is 3. The maximum absolute atomic E-state index is 15.1. The van der Waals surface area contributed by atoms with Crippen LogP contribution < -0.4 is 0 Å². The molecule has 3 rings (SSSR count). The van der Waals surface area contributed by atoms with E-state index in [1.165, 1.54) is 13.2 Å². The summed E-state index contributed by atoms with van der Waals surface area (Å²) in [6, 6.07) is 2.42. The number of ether oxygens (including phenoxy) is 1. The Balaban J connectivity index is 2.05. The van der Waals surface area contributed by atoms with Crippen LogP contribution in [0.1, 0.15) is 40.7 Å². The van der Waals surface area contributed by atoms with Crippen molar-refractivity contribution in [2.75, 3.05) is 7.11 Å². The molecule has 1 aromatic rings. The number of fused-ring (bicyclic) bond motifs is 1. The fourth-order valence-electron chi connectivity index (χ4n) is 3.07. The number of ketones is 1. The first-order chi connectivity index (χ1) is 12.7. The van der Waals surface area contributed by atoms with Crippen molar-refractivity contribution in [2.45, 2.75) is 26.2 Å². The molecule has 27 heavy (non-hydrogen) atoms. The molecule has 142 valence electrons. The molecule has 2 heterocycles. The van der Waals surface area contributed by atoms with E-state index in [9.17, 15) is 18.4 Å². The van der Waals surface area contributed by atoms with Gasteiger partial charge in [-0.15, -0.1) is 11.3 Å². The van der Waals surface area contributed by atoms with Crippen LogP contribution in [0, 0.1) is 0 Å². The van der Waals surface area contributed by atoms with Gasteiger partial charge in [0, 0.05) is 17.7 Å². The summed E-state index contributed by atoms with van der Waals surface area (Å²) in [6.45, 7) is 1.56. The molecule has 0 saturated carbocycles. The molecular formula is C18H14F3NO4S. The van der Waals surface area contributed by atoms with Crippen LogP contribution in [0.3, 0.4) is 0 Å². The number of carboxylic acids is 1. The normalized spacial score (nSPS) is 16.9. The minimum Gasteiger partial charge on any atom is -0.493 e. The lowest BCUT2D eigenvalue weighted by Gasteiger charge is -2.20. The van der Waals surface area contributed by atoms with Crippen molar-refractivity contribution in [3.8, 4) is 0 Å². The van der Waals surface area contributed by atoms with Gasteiger partial charge in [-0.2, -0.15) is 0 Å². The number of alkyl halides is 2. The van der Waals surface area contributed by atoms with Gasteiger partial charge in [0.2, 0.25) is 5.78 Å². The van der Waals surface area contributed by atoms with Crippen molar-refractivity contribution < 1.29 is 32.6 Å². The Bertz CT molecular complexity index is 969. The van der Waals surface area contributed by atoms with Crippen LogP contribution in [-0.2, 0) is 9.53 Å². The van der Waals surface area contributed by atoms with Crippen molar-refractivity contribution in [3.63, 3.8) is 0 Å². The van der Waals surface area contributed by atoms with E-state index < -0.39 is 30.4 Å². The van der Waals surface area contributed by atoms with E-state index in [-0.39, 0.29) is 44.4 Å². The first-order valence-electron chi connectivity index (χ1n) is 7.84. The van der Waals surface area contributed by atoms with Gasteiger partial charge in [0.25, 0.3) is 6.43 Å². The first kappa shape index (κ1) is 19.1. The zero-order valence-electron chi connectivity index (χ0n) is 14.3. The van der Waals surface area contributed by atoms with Gasteiger partial charge < -0.3 is 9.84 Å². The van der Waals surface area contributed by atoms with Gasteiger partial charge in [-0.05, 0) is 24.6 Å². The maximum Gasteiger partial charge on any atom is 0.307 e. The lowest BCUT2D eigenvalue weighted by atomic mass is 9.87. The van der Waals surface area contributed by atoms with Crippen molar-refractivity contribution in [2.24, 2.45) is 4.99 Å². The highest BCUT2D eigenvalue weighted by atomic mass is 32.1. The third-order valence-electron chi connectivity index (χ3n) is 4.24. The third kappa shape index (κ3) is 3.34. The highest BCUT2D eigenvalue weighted by Gasteiger charge is 2.37. The van der Waals surface area contributed by atoms with Crippen molar-refractivity contribution in [3.05, 3.63) is 55.9 Å². The minimum atomic E-state index is -2.70. The number of methoxy groups -OCH3 is 1. The Hall–Kier alpha value is -2.68. The van der Waals surface area contributed by atoms with Gasteiger partial charge in [-0.25, -0.2) is 13.2 Å². The average Bonchev–Trinajstić information content (AvgIpc) is 3.19. The van der Waals surface area contributed by atoms with Crippen LogP contribution in [0.4, 0.5) is 13.2 Å². The van der Waals surface area contributed by atoms with Crippen molar-refractivity contribution in [1.82, 2.24) is 0 Å². The molecule has 0 fully saturated rings. The molecule has 0 amide bonds. The van der Waals surface area contributed by atoms with Crippen LogP contribution in [-0.4, -0.2) is 29.7 Å². The summed E-state index contributed by atoms with van der Waals surface area (Å²) in [6.07, 6.45) is -3.19. The Morgan fingerprint density at radius 1 is 1.37 bits per heavy atom. The summed E-state index contributed by atoms with van der Waals surface area (Å²) >= 11 is 0.635. The fourth-order valence-corrected chi connectivity index (χ4v) is 3.90. The Kier molecular flexibility index (Phi) is 5.05. The summed E-state index contributed by atoms with van der Waals surface area (Å²) in [5.74, 6) is -2.95. The Morgan fingerprint density at radius 3 is 2.63 bits per heavy atom. The van der Waals surface area contributed by atoms with Gasteiger partial charge in [-0.3, -0.25) is 14.6 Å². The van der Waals surface area contributed by atoms with Crippen LogP contribution in [0.2, 0.25) is 0 Å².